The van der Waals surface area contributed by atoms with E-state index in [1.165, 1.54) is 68.9 Å². The number of fused-ring (bicyclic) bond motifs is 5. The molecule has 0 aromatic rings. The lowest BCUT2D eigenvalue weighted by Crippen LogP contribution is -2.53. The van der Waals surface area contributed by atoms with Crippen LogP contribution in [0.1, 0.15) is 85.5 Å². The number of aliphatic hydroxyl groups is 1. The molecule has 0 aliphatic heterocycles. The molecule has 0 amide bonds. The molecule has 0 bridgehead atoms. The van der Waals surface area contributed by atoms with Gasteiger partial charge in [-0.25, -0.2) is 0 Å². The summed E-state index contributed by atoms with van der Waals surface area (Å²) in [5.74, 6) is 3.54. The molecule has 7 atom stereocenters. The van der Waals surface area contributed by atoms with Gasteiger partial charge in [-0.15, -0.1) is 0 Å². The Morgan fingerprint density at radius 2 is 1.70 bits per heavy atom. The summed E-state index contributed by atoms with van der Waals surface area (Å²) in [6.45, 7) is 9.46. The minimum atomic E-state index is -0.171. The van der Waals surface area contributed by atoms with Gasteiger partial charge in [0.05, 0.1) is 6.10 Å². The highest BCUT2D eigenvalue weighted by atomic mass is 16.3. The fraction of sp³-hybridized carbons (Fsp3) is 0.909. The van der Waals surface area contributed by atoms with Crippen molar-refractivity contribution in [1.29, 1.82) is 0 Å². The number of rotatable bonds is 0. The summed E-state index contributed by atoms with van der Waals surface area (Å²) in [6.07, 6.45) is 12.4. The normalized spacial score (nSPS) is 52.6. The van der Waals surface area contributed by atoms with Gasteiger partial charge in [-0.2, -0.15) is 0 Å². The Hall–Kier alpha value is -0.300. The molecule has 0 heterocycles. The van der Waals surface area contributed by atoms with Gasteiger partial charge in [-0.1, -0.05) is 32.3 Å². The predicted molar refractivity (Wildman–Crippen MR) is 96.1 cm³/mol. The van der Waals surface area contributed by atoms with Crippen LogP contribution in [-0.2, 0) is 0 Å². The van der Waals surface area contributed by atoms with E-state index in [4.69, 9.17) is 0 Å². The van der Waals surface area contributed by atoms with Crippen molar-refractivity contribution in [2.45, 2.75) is 91.6 Å². The molecule has 0 aromatic heterocycles. The molecule has 4 saturated carbocycles. The predicted octanol–water partition coefficient (Wildman–Crippen LogP) is 5.73. The molecule has 0 aromatic carbocycles. The molecular weight excluding hydrogens is 280 g/mol. The Kier molecular flexibility index (Phi) is 3.76. The number of allylic oxidation sites excluding steroid dienone is 1. The quantitative estimate of drug-likeness (QED) is 0.566. The van der Waals surface area contributed by atoms with E-state index in [1.807, 2.05) is 0 Å². The lowest BCUT2D eigenvalue weighted by Gasteiger charge is -2.60. The zero-order valence-corrected chi connectivity index (χ0v) is 15.7. The maximum absolute atomic E-state index is 11.0. The molecule has 4 aliphatic carbocycles. The Labute approximate surface area is 142 Å². The smallest absolute Gasteiger partial charge is 0.0809 e. The molecule has 1 N–H and O–H groups in total. The zero-order valence-electron chi connectivity index (χ0n) is 15.7. The van der Waals surface area contributed by atoms with Crippen molar-refractivity contribution in [2.24, 2.45) is 34.5 Å². The van der Waals surface area contributed by atoms with Crippen LogP contribution in [0.3, 0.4) is 0 Å². The standard InChI is InChI=1S/C22H36O/c1-14(2)17-13-19-16-9-8-15-7-5-6-11-21(15,3)18(16)10-12-22(19,4)20(17)23/h15-16,18-20,23H,5-13H2,1-4H3/t15?,16?,18?,19?,20?,21-,22-/m1/s1. The van der Waals surface area contributed by atoms with Gasteiger partial charge < -0.3 is 5.11 Å². The van der Waals surface area contributed by atoms with E-state index in [0.717, 1.165) is 23.7 Å². The van der Waals surface area contributed by atoms with Crippen LogP contribution in [0.15, 0.2) is 11.1 Å². The average Bonchev–Trinajstić information content (AvgIpc) is 2.79. The van der Waals surface area contributed by atoms with Crippen LogP contribution >= 0.6 is 0 Å². The van der Waals surface area contributed by atoms with E-state index in [-0.39, 0.29) is 11.5 Å². The number of hydrogen-bond donors (Lipinski definition) is 1. The van der Waals surface area contributed by atoms with Gasteiger partial charge in [0.25, 0.3) is 0 Å². The third-order valence-corrected chi connectivity index (χ3v) is 9.06. The molecule has 23 heavy (non-hydrogen) atoms. The van der Waals surface area contributed by atoms with Crippen molar-refractivity contribution in [3.8, 4) is 0 Å². The van der Waals surface area contributed by atoms with Gasteiger partial charge >= 0.3 is 0 Å². The summed E-state index contributed by atoms with van der Waals surface area (Å²) in [6, 6.07) is 0. The van der Waals surface area contributed by atoms with Crippen LogP contribution < -0.4 is 0 Å². The average molecular weight is 317 g/mol. The largest absolute Gasteiger partial charge is 0.388 e. The monoisotopic (exact) mass is 316 g/mol. The lowest BCUT2D eigenvalue weighted by molar-refractivity contribution is -0.119. The van der Waals surface area contributed by atoms with Gasteiger partial charge in [0, 0.05) is 5.41 Å². The van der Waals surface area contributed by atoms with Crippen molar-refractivity contribution in [3.05, 3.63) is 11.1 Å². The molecule has 130 valence electrons. The molecule has 4 aliphatic rings. The fourth-order valence-electron chi connectivity index (χ4n) is 7.59. The summed E-state index contributed by atoms with van der Waals surface area (Å²) in [5, 5.41) is 11.0. The third kappa shape index (κ3) is 2.14. The molecular formula is C22H36O. The molecule has 4 rings (SSSR count). The van der Waals surface area contributed by atoms with Crippen molar-refractivity contribution in [1.82, 2.24) is 0 Å². The lowest BCUT2D eigenvalue weighted by atomic mass is 9.45. The van der Waals surface area contributed by atoms with Gasteiger partial charge in [-0.05, 0) is 93.5 Å². The Bertz CT molecular complexity index is 516. The maximum atomic E-state index is 11.0. The number of hydrogen-bond acceptors (Lipinski definition) is 1. The molecule has 1 nitrogen and oxygen atoms in total. The molecule has 5 unspecified atom stereocenters. The number of aliphatic hydroxyl groups excluding tert-OH is 1. The molecule has 1 heteroatoms. The Balaban J connectivity index is 1.68. The van der Waals surface area contributed by atoms with Crippen LogP contribution in [0.25, 0.3) is 0 Å². The van der Waals surface area contributed by atoms with Gasteiger partial charge in [0.15, 0.2) is 0 Å². The second kappa shape index (κ2) is 5.35. The topological polar surface area (TPSA) is 20.2 Å². The van der Waals surface area contributed by atoms with Crippen LogP contribution in [0, 0.1) is 34.5 Å². The van der Waals surface area contributed by atoms with Crippen molar-refractivity contribution in [2.75, 3.05) is 0 Å². The van der Waals surface area contributed by atoms with E-state index >= 15 is 0 Å². The summed E-state index contributed by atoms with van der Waals surface area (Å²) < 4.78 is 0. The van der Waals surface area contributed by atoms with Crippen LogP contribution in [0.4, 0.5) is 0 Å². The van der Waals surface area contributed by atoms with Crippen LogP contribution in [-0.4, -0.2) is 11.2 Å². The summed E-state index contributed by atoms with van der Waals surface area (Å²) in [4.78, 5) is 0. The summed E-state index contributed by atoms with van der Waals surface area (Å²) in [5.41, 5.74) is 3.53. The first-order chi connectivity index (χ1) is 10.9. The summed E-state index contributed by atoms with van der Waals surface area (Å²) in [7, 11) is 0. The highest BCUT2D eigenvalue weighted by molar-refractivity contribution is 5.27. The van der Waals surface area contributed by atoms with Crippen molar-refractivity contribution < 1.29 is 5.11 Å². The first-order valence-electron chi connectivity index (χ1n) is 10.2. The second-order valence-corrected chi connectivity index (χ2v) is 10.1. The van der Waals surface area contributed by atoms with Crippen molar-refractivity contribution in [3.63, 3.8) is 0 Å². The molecule has 0 saturated heterocycles. The minimum Gasteiger partial charge on any atom is -0.388 e. The highest BCUT2D eigenvalue weighted by Gasteiger charge is 2.60. The van der Waals surface area contributed by atoms with Gasteiger partial charge in [0.2, 0.25) is 0 Å². The van der Waals surface area contributed by atoms with E-state index in [0.29, 0.717) is 5.41 Å². The summed E-state index contributed by atoms with van der Waals surface area (Å²) >= 11 is 0. The van der Waals surface area contributed by atoms with Gasteiger partial charge in [-0.3, -0.25) is 0 Å². The van der Waals surface area contributed by atoms with E-state index in [1.54, 1.807) is 0 Å². The van der Waals surface area contributed by atoms with E-state index < -0.39 is 0 Å². The highest BCUT2D eigenvalue weighted by Crippen LogP contribution is 2.67. The van der Waals surface area contributed by atoms with E-state index in [9.17, 15) is 5.11 Å². The zero-order chi connectivity index (χ0) is 16.4. The van der Waals surface area contributed by atoms with Crippen molar-refractivity contribution >= 4 is 0 Å². The minimum absolute atomic E-state index is 0.158. The first-order valence-corrected chi connectivity index (χ1v) is 10.2. The van der Waals surface area contributed by atoms with Gasteiger partial charge in [0.1, 0.15) is 0 Å². The molecule has 4 fully saturated rings. The molecule has 0 spiro atoms. The Morgan fingerprint density at radius 3 is 2.43 bits per heavy atom. The van der Waals surface area contributed by atoms with Crippen LogP contribution in [0.5, 0.6) is 0 Å². The first kappa shape index (κ1) is 16.2. The van der Waals surface area contributed by atoms with E-state index in [2.05, 4.69) is 27.7 Å². The fourth-order valence-corrected chi connectivity index (χ4v) is 7.59. The Morgan fingerprint density at radius 1 is 0.913 bits per heavy atom. The third-order valence-electron chi connectivity index (χ3n) is 9.06. The molecule has 0 radical (unpaired) electrons. The SMILES string of the molecule is CC(C)=C1CC2C3CCC4CCCC[C@@]4(C)C3CC[C@@]2(C)C1O. The van der Waals surface area contributed by atoms with Crippen LogP contribution in [0.2, 0.25) is 0 Å². The second-order valence-electron chi connectivity index (χ2n) is 10.1. The maximum Gasteiger partial charge on any atom is 0.0809 e.